The molecule has 0 amide bonds. The van der Waals surface area contributed by atoms with Crippen molar-refractivity contribution in [1.82, 2.24) is 0 Å². The van der Waals surface area contributed by atoms with Gasteiger partial charge in [-0.2, -0.15) is 0 Å². The van der Waals surface area contributed by atoms with Crippen molar-refractivity contribution >= 4 is 11.4 Å². The minimum Gasteiger partial charge on any atom is -0.399 e. The molecule has 2 heteroatoms. The highest BCUT2D eigenvalue weighted by Gasteiger charge is 2.29. The van der Waals surface area contributed by atoms with Gasteiger partial charge in [0.25, 0.3) is 0 Å². The summed E-state index contributed by atoms with van der Waals surface area (Å²) in [4.78, 5) is 0. The van der Waals surface area contributed by atoms with Gasteiger partial charge in [0.05, 0.1) is 0 Å². The number of anilines is 2. The second-order valence-corrected chi connectivity index (χ2v) is 11.3. The fourth-order valence-corrected chi connectivity index (χ4v) is 4.71. The number of hydrogen-bond acceptors (Lipinski definition) is 2. The van der Waals surface area contributed by atoms with Crippen molar-refractivity contribution in [2.75, 3.05) is 11.5 Å². The first-order valence-electron chi connectivity index (χ1n) is 12.2. The van der Waals surface area contributed by atoms with E-state index in [-0.39, 0.29) is 10.8 Å². The molecule has 0 aromatic heterocycles. The number of nitrogen functional groups attached to an aromatic ring is 2. The van der Waals surface area contributed by atoms with Crippen LogP contribution in [0.25, 0.3) is 0 Å². The molecule has 0 heterocycles. The molecule has 3 aromatic carbocycles. The van der Waals surface area contributed by atoms with Gasteiger partial charge in [0.1, 0.15) is 0 Å². The van der Waals surface area contributed by atoms with Crippen LogP contribution in [-0.4, -0.2) is 0 Å². The standard InChI is InChI=1S/C31H42N2/c1-19(2)26-17-25(18-27(20(3)4)29(26)33)31(8,9)23-12-10-11-22(16-23)30(6,7)24-13-14-28(32)21(5)15-24/h10-20H,32-33H2,1-9H3. The van der Waals surface area contributed by atoms with Gasteiger partial charge < -0.3 is 11.5 Å². The molecular formula is C31H42N2. The number of nitrogens with two attached hydrogens (primary N) is 2. The van der Waals surface area contributed by atoms with Gasteiger partial charge in [0.2, 0.25) is 0 Å². The molecule has 33 heavy (non-hydrogen) atoms. The van der Waals surface area contributed by atoms with Crippen molar-refractivity contribution in [3.05, 3.63) is 93.5 Å². The fraction of sp³-hybridized carbons (Fsp3) is 0.419. The maximum absolute atomic E-state index is 6.60. The van der Waals surface area contributed by atoms with Crippen LogP contribution in [0.15, 0.2) is 54.6 Å². The maximum atomic E-state index is 6.60. The first kappa shape index (κ1) is 24.9. The third-order valence-electron chi connectivity index (χ3n) is 7.51. The van der Waals surface area contributed by atoms with Crippen LogP contribution in [-0.2, 0) is 10.8 Å². The molecule has 0 spiro atoms. The molecule has 0 aliphatic carbocycles. The summed E-state index contributed by atoms with van der Waals surface area (Å²) in [7, 11) is 0. The summed E-state index contributed by atoms with van der Waals surface area (Å²) >= 11 is 0. The van der Waals surface area contributed by atoms with E-state index in [4.69, 9.17) is 11.5 Å². The topological polar surface area (TPSA) is 52.0 Å². The molecule has 4 N–H and O–H groups in total. The average molecular weight is 443 g/mol. The lowest BCUT2D eigenvalue weighted by Crippen LogP contribution is -2.23. The van der Waals surface area contributed by atoms with Crippen molar-refractivity contribution in [3.8, 4) is 0 Å². The van der Waals surface area contributed by atoms with E-state index in [1.165, 1.54) is 33.4 Å². The third kappa shape index (κ3) is 4.67. The number of benzene rings is 3. The SMILES string of the molecule is Cc1cc(C(C)(C)c2cccc(C(C)(C)c3cc(C(C)C)c(N)c(C(C)C)c3)c2)ccc1N. The summed E-state index contributed by atoms with van der Waals surface area (Å²) in [5, 5.41) is 0. The Hall–Kier alpha value is -2.74. The van der Waals surface area contributed by atoms with E-state index in [9.17, 15) is 0 Å². The second kappa shape index (κ2) is 8.89. The highest BCUT2D eigenvalue weighted by molar-refractivity contribution is 5.60. The zero-order valence-electron chi connectivity index (χ0n) is 22.0. The smallest absolute Gasteiger partial charge is 0.0384 e. The lowest BCUT2D eigenvalue weighted by Gasteiger charge is -2.32. The summed E-state index contributed by atoms with van der Waals surface area (Å²) in [6.07, 6.45) is 0. The second-order valence-electron chi connectivity index (χ2n) is 11.3. The Morgan fingerprint density at radius 2 is 1.06 bits per heavy atom. The molecule has 0 radical (unpaired) electrons. The van der Waals surface area contributed by atoms with Crippen molar-refractivity contribution < 1.29 is 0 Å². The Kier molecular flexibility index (Phi) is 6.71. The Labute approximate surface area is 201 Å². The Bertz CT molecular complexity index is 1120. The molecule has 0 fully saturated rings. The molecule has 0 saturated carbocycles. The van der Waals surface area contributed by atoms with Crippen LogP contribution in [0.5, 0.6) is 0 Å². The fourth-order valence-electron chi connectivity index (χ4n) is 4.71. The van der Waals surface area contributed by atoms with E-state index < -0.39 is 0 Å². The predicted octanol–water partition coefficient (Wildman–Crippen LogP) is 8.06. The Morgan fingerprint density at radius 3 is 1.52 bits per heavy atom. The predicted molar refractivity (Wildman–Crippen MR) is 145 cm³/mol. The van der Waals surface area contributed by atoms with Gasteiger partial charge in [0.15, 0.2) is 0 Å². The highest BCUT2D eigenvalue weighted by atomic mass is 14.6. The van der Waals surface area contributed by atoms with E-state index in [1.807, 2.05) is 6.07 Å². The molecule has 3 rings (SSSR count). The van der Waals surface area contributed by atoms with Gasteiger partial charge in [-0.25, -0.2) is 0 Å². The number of hydrogen-bond donors (Lipinski definition) is 2. The van der Waals surface area contributed by atoms with Crippen molar-refractivity contribution in [2.45, 2.75) is 85.0 Å². The summed E-state index contributed by atoms with van der Waals surface area (Å²) in [5.74, 6) is 0.773. The molecule has 0 aliphatic heterocycles. The van der Waals surface area contributed by atoms with E-state index >= 15 is 0 Å². The van der Waals surface area contributed by atoms with Crippen LogP contribution in [0.4, 0.5) is 11.4 Å². The molecule has 0 bridgehead atoms. The Morgan fingerprint density at radius 1 is 0.606 bits per heavy atom. The quantitative estimate of drug-likeness (QED) is 0.379. The largest absolute Gasteiger partial charge is 0.399 e. The van der Waals surface area contributed by atoms with Crippen molar-refractivity contribution in [1.29, 1.82) is 0 Å². The molecular weight excluding hydrogens is 400 g/mol. The zero-order valence-corrected chi connectivity index (χ0v) is 22.0. The summed E-state index contributed by atoms with van der Waals surface area (Å²) in [6, 6.07) is 20.1. The number of rotatable bonds is 6. The van der Waals surface area contributed by atoms with Crippen LogP contribution >= 0.6 is 0 Å². The molecule has 176 valence electrons. The lowest BCUT2D eigenvalue weighted by atomic mass is 9.72. The average Bonchev–Trinajstić information content (AvgIpc) is 2.75. The molecule has 0 unspecified atom stereocenters. The van der Waals surface area contributed by atoms with Gasteiger partial charge in [-0.1, -0.05) is 104 Å². The van der Waals surface area contributed by atoms with Crippen LogP contribution in [0.3, 0.4) is 0 Å². The van der Waals surface area contributed by atoms with Gasteiger partial charge in [-0.05, 0) is 63.8 Å². The van der Waals surface area contributed by atoms with Crippen molar-refractivity contribution in [2.24, 2.45) is 0 Å². The normalized spacial score (nSPS) is 12.6. The maximum Gasteiger partial charge on any atom is 0.0384 e. The van der Waals surface area contributed by atoms with Crippen LogP contribution in [0, 0.1) is 6.92 Å². The molecule has 3 aromatic rings. The summed E-state index contributed by atoms with van der Waals surface area (Å²) in [5.41, 5.74) is 23.0. The van der Waals surface area contributed by atoms with Crippen LogP contribution in [0.2, 0.25) is 0 Å². The van der Waals surface area contributed by atoms with Gasteiger partial charge in [-0.15, -0.1) is 0 Å². The minimum absolute atomic E-state index is 0.127. The number of aryl methyl sites for hydroxylation is 1. The van der Waals surface area contributed by atoms with Gasteiger partial charge in [-0.3, -0.25) is 0 Å². The van der Waals surface area contributed by atoms with Gasteiger partial charge in [0, 0.05) is 22.2 Å². The van der Waals surface area contributed by atoms with Crippen molar-refractivity contribution in [3.63, 3.8) is 0 Å². The molecule has 0 aliphatic rings. The van der Waals surface area contributed by atoms with Crippen LogP contribution in [0.1, 0.15) is 106 Å². The van der Waals surface area contributed by atoms with E-state index in [0.29, 0.717) is 11.8 Å². The lowest BCUT2D eigenvalue weighted by molar-refractivity contribution is 0.615. The van der Waals surface area contributed by atoms with E-state index in [2.05, 4.69) is 111 Å². The molecule has 0 atom stereocenters. The Balaban J connectivity index is 2.12. The van der Waals surface area contributed by atoms with Crippen LogP contribution < -0.4 is 11.5 Å². The molecule has 0 saturated heterocycles. The monoisotopic (exact) mass is 442 g/mol. The van der Waals surface area contributed by atoms with E-state index in [0.717, 1.165) is 16.9 Å². The summed E-state index contributed by atoms with van der Waals surface area (Å²) in [6.45, 7) is 20.2. The minimum atomic E-state index is -0.149. The third-order valence-corrected chi connectivity index (χ3v) is 7.51. The summed E-state index contributed by atoms with van der Waals surface area (Å²) < 4.78 is 0. The highest BCUT2D eigenvalue weighted by Crippen LogP contribution is 2.41. The molecule has 2 nitrogen and oxygen atoms in total. The first-order valence-corrected chi connectivity index (χ1v) is 12.2. The van der Waals surface area contributed by atoms with E-state index in [1.54, 1.807) is 0 Å². The van der Waals surface area contributed by atoms with Gasteiger partial charge >= 0.3 is 0 Å². The zero-order chi connectivity index (χ0) is 24.7. The first-order chi connectivity index (χ1) is 15.3.